The number of hydrogen-bond acceptors (Lipinski definition) is 3. The molecule has 0 spiro atoms. The molecule has 0 saturated heterocycles. The minimum absolute atomic E-state index is 0.118. The maximum absolute atomic E-state index is 5.21. The monoisotopic (exact) mass is 625 g/mol. The first kappa shape index (κ1) is 27.9. The fraction of sp³-hybridized carbons (Fsp3) is 0.0652. The van der Waals surface area contributed by atoms with Crippen LogP contribution in [0.25, 0.3) is 88.4 Å². The molecule has 0 N–H and O–H groups in total. The highest BCUT2D eigenvalue weighted by atomic mass is 15.0. The normalized spacial score (nSPS) is 13.3. The second-order valence-electron chi connectivity index (χ2n) is 13.6. The molecule has 1 aliphatic carbocycles. The van der Waals surface area contributed by atoms with Gasteiger partial charge in [0.2, 0.25) is 0 Å². The molecule has 0 bridgehead atoms. The Bertz CT molecular complexity index is 2800. The van der Waals surface area contributed by atoms with Gasteiger partial charge in [-0.1, -0.05) is 159 Å². The van der Waals surface area contributed by atoms with Gasteiger partial charge in [-0.2, -0.15) is 0 Å². The minimum atomic E-state index is -0.118. The highest BCUT2D eigenvalue weighted by Crippen LogP contribution is 2.49. The van der Waals surface area contributed by atoms with E-state index < -0.39 is 0 Å². The van der Waals surface area contributed by atoms with Gasteiger partial charge in [0.15, 0.2) is 17.5 Å². The molecule has 3 heteroatoms. The van der Waals surface area contributed by atoms with Gasteiger partial charge in [0.1, 0.15) is 0 Å². The molecule has 1 aromatic heterocycles. The second-order valence-corrected chi connectivity index (χ2v) is 13.6. The molecule has 3 nitrogen and oxygen atoms in total. The van der Waals surface area contributed by atoms with Crippen LogP contribution in [0.1, 0.15) is 25.0 Å². The van der Waals surface area contributed by atoms with Gasteiger partial charge in [-0.15, -0.1) is 0 Å². The molecule has 9 aromatic rings. The summed E-state index contributed by atoms with van der Waals surface area (Å²) in [5.41, 5.74) is 8.07. The summed E-state index contributed by atoms with van der Waals surface area (Å²) in [6.07, 6.45) is 0. The van der Waals surface area contributed by atoms with Crippen LogP contribution < -0.4 is 0 Å². The lowest BCUT2D eigenvalue weighted by Crippen LogP contribution is -2.15. The van der Waals surface area contributed by atoms with E-state index in [1.807, 2.05) is 18.2 Å². The van der Waals surface area contributed by atoms with Crippen LogP contribution >= 0.6 is 0 Å². The average Bonchev–Trinajstić information content (AvgIpc) is 3.39. The van der Waals surface area contributed by atoms with E-state index in [0.29, 0.717) is 17.5 Å². The first-order valence-corrected chi connectivity index (χ1v) is 16.9. The summed E-state index contributed by atoms with van der Waals surface area (Å²) in [7, 11) is 0. The topological polar surface area (TPSA) is 38.7 Å². The van der Waals surface area contributed by atoms with E-state index in [1.54, 1.807) is 0 Å². The number of fused-ring (bicyclic) bond motifs is 10. The van der Waals surface area contributed by atoms with Crippen LogP contribution in [0.4, 0.5) is 0 Å². The molecular weight excluding hydrogens is 595 g/mol. The van der Waals surface area contributed by atoms with Crippen molar-refractivity contribution in [3.05, 3.63) is 163 Å². The molecule has 8 aromatic carbocycles. The van der Waals surface area contributed by atoms with E-state index in [1.165, 1.54) is 60.0 Å². The van der Waals surface area contributed by atoms with Crippen LogP contribution in [0, 0.1) is 0 Å². The van der Waals surface area contributed by atoms with Gasteiger partial charge in [-0.25, -0.2) is 15.0 Å². The predicted octanol–water partition coefficient (Wildman–Crippen LogP) is 11.8. The van der Waals surface area contributed by atoms with Crippen molar-refractivity contribution in [2.75, 3.05) is 0 Å². The molecule has 230 valence electrons. The minimum Gasteiger partial charge on any atom is -0.208 e. The second kappa shape index (κ2) is 10.4. The van der Waals surface area contributed by atoms with Crippen LogP contribution in [0.2, 0.25) is 0 Å². The van der Waals surface area contributed by atoms with Crippen molar-refractivity contribution in [1.29, 1.82) is 0 Å². The SMILES string of the molecule is CC1(C)c2ccccc2-c2ccc(-c3nc(-c4ccccc4)nc(-c4cccc5c4ccc4c5ccc5c6ccccc6ccc54)n3)cc21. The lowest BCUT2D eigenvalue weighted by atomic mass is 9.82. The molecule has 49 heavy (non-hydrogen) atoms. The molecule has 0 fully saturated rings. The standard InChI is InChI=1S/C46H31N3/c1-46(2)41-18-9-8-15-38(41)39-22-20-30(27-42(39)46)44-47-43(29-12-4-3-5-13-29)48-45(49-44)40-17-10-16-32-35-24-23-33-31-14-7-6-11-28(31)19-21-34(33)36(35)25-26-37(32)40/h3-27H,1-2H3. The van der Waals surface area contributed by atoms with Gasteiger partial charge in [-0.3, -0.25) is 0 Å². The van der Waals surface area contributed by atoms with E-state index in [0.717, 1.165) is 22.1 Å². The van der Waals surface area contributed by atoms with Gasteiger partial charge in [0.25, 0.3) is 0 Å². The summed E-state index contributed by atoms with van der Waals surface area (Å²) >= 11 is 0. The largest absolute Gasteiger partial charge is 0.208 e. The number of nitrogens with zero attached hydrogens (tertiary/aromatic N) is 3. The Kier molecular flexibility index (Phi) is 5.92. The van der Waals surface area contributed by atoms with E-state index >= 15 is 0 Å². The number of rotatable bonds is 3. The summed E-state index contributed by atoms with van der Waals surface area (Å²) in [5, 5.41) is 9.85. The third-order valence-corrected chi connectivity index (χ3v) is 10.5. The third kappa shape index (κ3) is 4.19. The first-order chi connectivity index (χ1) is 24.0. The Hall–Kier alpha value is -6.19. The molecule has 0 radical (unpaired) electrons. The fourth-order valence-electron chi connectivity index (χ4n) is 8.05. The molecule has 0 atom stereocenters. The van der Waals surface area contributed by atoms with E-state index in [4.69, 9.17) is 15.0 Å². The molecule has 10 rings (SSSR count). The zero-order valence-corrected chi connectivity index (χ0v) is 27.3. The van der Waals surface area contributed by atoms with Crippen LogP contribution in [0.15, 0.2) is 152 Å². The maximum atomic E-state index is 5.21. The molecule has 0 saturated carbocycles. The van der Waals surface area contributed by atoms with Crippen molar-refractivity contribution in [3.63, 3.8) is 0 Å². The van der Waals surface area contributed by atoms with Gasteiger partial charge < -0.3 is 0 Å². The van der Waals surface area contributed by atoms with Crippen LogP contribution in [-0.2, 0) is 5.41 Å². The zero-order chi connectivity index (χ0) is 32.7. The van der Waals surface area contributed by atoms with Crippen LogP contribution in [0.5, 0.6) is 0 Å². The molecule has 1 heterocycles. The lowest BCUT2D eigenvalue weighted by Gasteiger charge is -2.21. The summed E-state index contributed by atoms with van der Waals surface area (Å²) in [6, 6.07) is 54.3. The molecule has 1 aliphatic rings. The van der Waals surface area contributed by atoms with Crippen molar-refractivity contribution >= 4 is 43.1 Å². The Morgan fingerprint density at radius 1 is 0.347 bits per heavy atom. The Morgan fingerprint density at radius 2 is 0.898 bits per heavy atom. The summed E-state index contributed by atoms with van der Waals surface area (Å²) in [5.74, 6) is 2.01. The highest BCUT2D eigenvalue weighted by Gasteiger charge is 2.35. The third-order valence-electron chi connectivity index (χ3n) is 10.5. The van der Waals surface area contributed by atoms with E-state index in [9.17, 15) is 0 Å². The van der Waals surface area contributed by atoms with Crippen molar-refractivity contribution in [2.24, 2.45) is 0 Å². The molecule has 0 amide bonds. The summed E-state index contributed by atoms with van der Waals surface area (Å²) in [4.78, 5) is 15.4. The van der Waals surface area contributed by atoms with Gasteiger partial charge >= 0.3 is 0 Å². The van der Waals surface area contributed by atoms with Crippen molar-refractivity contribution in [1.82, 2.24) is 15.0 Å². The van der Waals surface area contributed by atoms with Crippen molar-refractivity contribution in [3.8, 4) is 45.3 Å². The van der Waals surface area contributed by atoms with Gasteiger partial charge in [0.05, 0.1) is 0 Å². The zero-order valence-electron chi connectivity index (χ0n) is 27.3. The number of aromatic nitrogens is 3. The molecule has 0 aliphatic heterocycles. The van der Waals surface area contributed by atoms with Gasteiger partial charge in [-0.05, 0) is 71.4 Å². The lowest BCUT2D eigenvalue weighted by molar-refractivity contribution is 0.660. The van der Waals surface area contributed by atoms with E-state index in [-0.39, 0.29) is 5.41 Å². The molecule has 0 unspecified atom stereocenters. The van der Waals surface area contributed by atoms with Crippen molar-refractivity contribution < 1.29 is 0 Å². The predicted molar refractivity (Wildman–Crippen MR) is 204 cm³/mol. The van der Waals surface area contributed by atoms with Crippen molar-refractivity contribution in [2.45, 2.75) is 19.3 Å². The first-order valence-electron chi connectivity index (χ1n) is 16.9. The number of benzene rings is 8. The Labute approximate surface area is 284 Å². The Morgan fingerprint density at radius 3 is 1.71 bits per heavy atom. The van der Waals surface area contributed by atoms with Crippen LogP contribution in [-0.4, -0.2) is 15.0 Å². The quantitative estimate of drug-likeness (QED) is 0.183. The maximum Gasteiger partial charge on any atom is 0.164 e. The molecular formula is C46H31N3. The fourth-order valence-corrected chi connectivity index (χ4v) is 8.05. The van der Waals surface area contributed by atoms with Crippen LogP contribution in [0.3, 0.4) is 0 Å². The van der Waals surface area contributed by atoms with Gasteiger partial charge in [0, 0.05) is 22.1 Å². The van der Waals surface area contributed by atoms with E-state index in [2.05, 4.69) is 147 Å². The summed E-state index contributed by atoms with van der Waals surface area (Å²) < 4.78 is 0. The smallest absolute Gasteiger partial charge is 0.164 e. The highest BCUT2D eigenvalue weighted by molar-refractivity contribution is 6.23. The summed E-state index contributed by atoms with van der Waals surface area (Å²) in [6.45, 7) is 4.61. The number of hydrogen-bond donors (Lipinski definition) is 0. The average molecular weight is 626 g/mol. The Balaban J connectivity index is 1.18.